The van der Waals surface area contributed by atoms with E-state index in [-0.39, 0.29) is 1.43 Å². The maximum absolute atomic E-state index is 7.32. The van der Waals surface area contributed by atoms with Gasteiger partial charge in [-0.3, -0.25) is 0 Å². The molecule has 0 spiro atoms. The number of hydrogen-bond acceptors (Lipinski definition) is 3. The molecular formula is C21H33N3. The van der Waals surface area contributed by atoms with Crippen LogP contribution in [-0.2, 0) is 5.41 Å². The van der Waals surface area contributed by atoms with Gasteiger partial charge in [0, 0.05) is 33.4 Å². The van der Waals surface area contributed by atoms with Gasteiger partial charge in [0.05, 0.1) is 11.9 Å². The Balaban J connectivity index is 0.000000730. The minimum atomic E-state index is 0. The fourth-order valence-corrected chi connectivity index (χ4v) is 3.96. The number of hydrogen-bond donors (Lipinski definition) is 1. The molecule has 1 saturated heterocycles. The van der Waals surface area contributed by atoms with E-state index in [1.165, 1.54) is 70.5 Å². The summed E-state index contributed by atoms with van der Waals surface area (Å²) >= 11 is 0. The standard InChI is InChI=1S/C19H28N2.C2H3N.H2/c1-17(21-14-8-9-15-21)20-16-19(12-6-3-7-13-19)18-10-4-2-5-11-18;1-2-3;/h2,4-5,10-11,20H,1,3,6-9,12-16H2;1H3;1H. The smallest absolute Gasteiger partial charge is 0.0939 e. The maximum atomic E-state index is 7.32. The molecule has 1 saturated carbocycles. The average Bonchev–Trinajstić information content (AvgIpc) is 3.17. The van der Waals surface area contributed by atoms with E-state index >= 15 is 0 Å². The normalized spacial score (nSPS) is 18.9. The van der Waals surface area contributed by atoms with Crippen LogP contribution in [0, 0.1) is 11.3 Å². The molecule has 1 aliphatic carbocycles. The molecule has 1 N–H and O–H groups in total. The third-order valence-electron chi connectivity index (χ3n) is 5.32. The van der Waals surface area contributed by atoms with Crippen LogP contribution in [0.5, 0.6) is 0 Å². The predicted octanol–water partition coefficient (Wildman–Crippen LogP) is 4.82. The summed E-state index contributed by atoms with van der Waals surface area (Å²) in [6, 6.07) is 12.9. The van der Waals surface area contributed by atoms with E-state index in [0.29, 0.717) is 5.41 Å². The van der Waals surface area contributed by atoms with Crippen LogP contribution < -0.4 is 5.32 Å². The Morgan fingerprint density at radius 1 is 1.17 bits per heavy atom. The SMILES string of the molecule is C=C(NCC1(c2ccccc2)CCCCC1)N1CCCC1.CC#N.[HH]. The van der Waals surface area contributed by atoms with Gasteiger partial charge in [0.2, 0.25) is 0 Å². The summed E-state index contributed by atoms with van der Waals surface area (Å²) in [5, 5.41) is 11.0. The lowest BCUT2D eigenvalue weighted by Gasteiger charge is -2.39. The van der Waals surface area contributed by atoms with Crippen molar-refractivity contribution in [3.8, 4) is 6.07 Å². The second-order valence-electron chi connectivity index (χ2n) is 6.93. The zero-order chi connectivity index (χ0) is 17.3. The second kappa shape index (κ2) is 9.37. The third-order valence-corrected chi connectivity index (χ3v) is 5.32. The van der Waals surface area contributed by atoms with Crippen LogP contribution in [0.3, 0.4) is 0 Å². The Kier molecular flexibility index (Phi) is 7.18. The van der Waals surface area contributed by atoms with Crippen LogP contribution in [0.4, 0.5) is 0 Å². The molecule has 0 amide bonds. The van der Waals surface area contributed by atoms with Gasteiger partial charge < -0.3 is 10.2 Å². The molecule has 3 rings (SSSR count). The Hall–Kier alpha value is -1.95. The Labute approximate surface area is 148 Å². The third kappa shape index (κ3) is 4.77. The van der Waals surface area contributed by atoms with Crippen molar-refractivity contribution >= 4 is 0 Å². The lowest BCUT2D eigenvalue weighted by molar-refractivity contribution is 0.273. The van der Waals surface area contributed by atoms with Crippen LogP contribution in [0.15, 0.2) is 42.7 Å². The zero-order valence-corrected chi connectivity index (χ0v) is 15.1. The van der Waals surface area contributed by atoms with Gasteiger partial charge >= 0.3 is 0 Å². The molecule has 3 nitrogen and oxygen atoms in total. The molecule has 1 heterocycles. The van der Waals surface area contributed by atoms with Crippen LogP contribution in [0.2, 0.25) is 0 Å². The van der Waals surface area contributed by atoms with Crippen molar-refractivity contribution in [2.75, 3.05) is 19.6 Å². The van der Waals surface area contributed by atoms with Crippen molar-refractivity contribution in [2.45, 2.75) is 57.3 Å². The molecule has 1 aromatic rings. The average molecular weight is 328 g/mol. The fraction of sp³-hybridized carbons (Fsp3) is 0.571. The van der Waals surface area contributed by atoms with E-state index in [2.05, 4.69) is 47.1 Å². The molecule has 1 aliphatic heterocycles. The van der Waals surface area contributed by atoms with E-state index in [0.717, 1.165) is 12.4 Å². The van der Waals surface area contributed by atoms with Crippen LogP contribution >= 0.6 is 0 Å². The highest BCUT2D eigenvalue weighted by atomic mass is 15.2. The summed E-state index contributed by atoms with van der Waals surface area (Å²) in [6.45, 7) is 9.07. The van der Waals surface area contributed by atoms with E-state index in [9.17, 15) is 0 Å². The van der Waals surface area contributed by atoms with Crippen molar-refractivity contribution in [3.05, 3.63) is 48.3 Å². The van der Waals surface area contributed by atoms with Crippen molar-refractivity contribution in [1.82, 2.24) is 10.2 Å². The summed E-state index contributed by atoms with van der Waals surface area (Å²) < 4.78 is 0. The lowest BCUT2D eigenvalue weighted by Crippen LogP contribution is -2.42. The Morgan fingerprint density at radius 2 is 1.75 bits per heavy atom. The molecule has 2 fully saturated rings. The zero-order valence-electron chi connectivity index (χ0n) is 15.1. The van der Waals surface area contributed by atoms with Gasteiger partial charge in [-0.1, -0.05) is 56.2 Å². The molecule has 3 heteroatoms. The van der Waals surface area contributed by atoms with Gasteiger partial charge in [-0.2, -0.15) is 5.26 Å². The number of benzene rings is 1. The largest absolute Gasteiger partial charge is 0.371 e. The molecule has 0 atom stereocenters. The second-order valence-corrected chi connectivity index (χ2v) is 6.93. The quantitative estimate of drug-likeness (QED) is 0.842. The Bertz CT molecular complexity index is 538. The van der Waals surface area contributed by atoms with Crippen molar-refractivity contribution in [2.24, 2.45) is 0 Å². The summed E-state index contributed by atoms with van der Waals surface area (Å²) in [5.41, 5.74) is 1.81. The van der Waals surface area contributed by atoms with E-state index in [1.807, 2.05) is 0 Å². The fourth-order valence-electron chi connectivity index (χ4n) is 3.96. The summed E-state index contributed by atoms with van der Waals surface area (Å²) in [5.74, 6) is 1.13. The van der Waals surface area contributed by atoms with Crippen LogP contribution in [0.25, 0.3) is 0 Å². The Morgan fingerprint density at radius 3 is 2.33 bits per heavy atom. The van der Waals surface area contributed by atoms with E-state index in [4.69, 9.17) is 5.26 Å². The minimum absolute atomic E-state index is 0. The molecule has 0 aromatic heterocycles. The predicted molar refractivity (Wildman–Crippen MR) is 103 cm³/mol. The first-order chi connectivity index (χ1) is 11.7. The summed E-state index contributed by atoms with van der Waals surface area (Å²) in [7, 11) is 0. The highest BCUT2D eigenvalue weighted by Crippen LogP contribution is 2.39. The molecule has 0 unspecified atom stereocenters. The number of nitriles is 1. The molecule has 0 radical (unpaired) electrons. The molecule has 2 aliphatic rings. The van der Waals surface area contributed by atoms with Gasteiger partial charge in [-0.15, -0.1) is 0 Å². The highest BCUT2D eigenvalue weighted by Gasteiger charge is 2.33. The summed E-state index contributed by atoms with van der Waals surface area (Å²) in [6.07, 6.45) is 9.32. The van der Waals surface area contributed by atoms with Crippen LogP contribution in [-0.4, -0.2) is 24.5 Å². The lowest BCUT2D eigenvalue weighted by atomic mass is 9.69. The van der Waals surface area contributed by atoms with E-state index in [1.54, 1.807) is 6.07 Å². The molecule has 0 bridgehead atoms. The molecule has 24 heavy (non-hydrogen) atoms. The summed E-state index contributed by atoms with van der Waals surface area (Å²) in [4.78, 5) is 2.40. The maximum Gasteiger partial charge on any atom is 0.0939 e. The van der Waals surface area contributed by atoms with E-state index < -0.39 is 0 Å². The number of nitrogens with zero attached hydrogens (tertiary/aromatic N) is 2. The molecule has 132 valence electrons. The molecule has 1 aromatic carbocycles. The minimum Gasteiger partial charge on any atom is -0.371 e. The number of rotatable bonds is 5. The first-order valence-corrected chi connectivity index (χ1v) is 9.26. The van der Waals surface area contributed by atoms with Gasteiger partial charge in [0.25, 0.3) is 0 Å². The van der Waals surface area contributed by atoms with Gasteiger partial charge in [-0.05, 0) is 31.2 Å². The topological polar surface area (TPSA) is 39.1 Å². The first kappa shape index (κ1) is 18.4. The van der Waals surface area contributed by atoms with Crippen LogP contribution in [0.1, 0.15) is 58.9 Å². The van der Waals surface area contributed by atoms with Gasteiger partial charge in [0.15, 0.2) is 0 Å². The first-order valence-electron chi connectivity index (χ1n) is 9.26. The monoisotopic (exact) mass is 327 g/mol. The van der Waals surface area contributed by atoms with Crippen molar-refractivity contribution < 1.29 is 1.43 Å². The number of likely N-dealkylation sites (tertiary alicyclic amines) is 1. The van der Waals surface area contributed by atoms with Crippen molar-refractivity contribution in [3.63, 3.8) is 0 Å². The van der Waals surface area contributed by atoms with Gasteiger partial charge in [0.1, 0.15) is 0 Å². The highest BCUT2D eigenvalue weighted by molar-refractivity contribution is 5.27. The van der Waals surface area contributed by atoms with Crippen molar-refractivity contribution in [1.29, 1.82) is 5.26 Å². The van der Waals surface area contributed by atoms with Gasteiger partial charge in [-0.25, -0.2) is 0 Å². The number of nitrogens with one attached hydrogen (secondary N) is 1. The molecular weight excluding hydrogens is 294 g/mol.